The van der Waals surface area contributed by atoms with Crippen LogP contribution in [0.4, 0.5) is 8.78 Å². The van der Waals surface area contributed by atoms with E-state index in [2.05, 4.69) is 0 Å². The predicted octanol–water partition coefficient (Wildman–Crippen LogP) is -1.31. The molecule has 0 N–H and O–H groups in total. The second-order valence-corrected chi connectivity index (χ2v) is 3.05. The molecule has 0 aromatic heterocycles. The molecule has 0 fully saturated rings. The molecule has 86 valence electrons. The molecule has 6 heteroatoms. The number of carbonyl (C=O) groups excluding carboxylic acids is 2. The van der Waals surface area contributed by atoms with Crippen molar-refractivity contribution >= 4 is 11.9 Å². The topological polar surface area (TPSA) is 80.3 Å². The van der Waals surface area contributed by atoms with Crippen LogP contribution in [0.25, 0.3) is 0 Å². The lowest BCUT2D eigenvalue weighted by atomic mass is 9.81. The Morgan fingerprint density at radius 1 is 1.06 bits per heavy atom. The first-order valence-corrected chi connectivity index (χ1v) is 4.20. The Morgan fingerprint density at radius 3 is 1.81 bits per heavy atom. The molecule has 4 nitrogen and oxygen atoms in total. The van der Waals surface area contributed by atoms with Crippen molar-refractivity contribution in [2.75, 3.05) is 0 Å². The fourth-order valence-electron chi connectivity index (χ4n) is 1.32. The third-order valence-corrected chi connectivity index (χ3v) is 2.20. The maximum atomic E-state index is 12.7. The molecule has 1 rings (SSSR count). The molecule has 1 aromatic rings. The fourth-order valence-corrected chi connectivity index (χ4v) is 1.32. The van der Waals surface area contributed by atoms with E-state index < -0.39 is 29.3 Å². The van der Waals surface area contributed by atoms with Crippen molar-refractivity contribution < 1.29 is 28.6 Å². The SMILES string of the molecule is O=C([O-])C(C(=O)[O-])(c1ccccc1)C(F)F. The molecular formula is C10H6F2O4-2. The normalized spacial score (nSPS) is 11.4. The van der Waals surface area contributed by atoms with Crippen LogP contribution in [0.3, 0.4) is 0 Å². The summed E-state index contributed by atoms with van der Waals surface area (Å²) < 4.78 is 25.4. The van der Waals surface area contributed by atoms with E-state index in [4.69, 9.17) is 0 Å². The number of halogens is 2. The molecule has 0 saturated carbocycles. The molecule has 1 aromatic carbocycles. The van der Waals surface area contributed by atoms with Crippen LogP contribution in [0.1, 0.15) is 5.56 Å². The van der Waals surface area contributed by atoms with E-state index in [1.807, 2.05) is 0 Å². The first-order chi connectivity index (χ1) is 7.44. The third-order valence-electron chi connectivity index (χ3n) is 2.20. The molecule has 0 saturated heterocycles. The number of aliphatic carboxylic acids is 2. The van der Waals surface area contributed by atoms with E-state index in [1.54, 1.807) is 0 Å². The van der Waals surface area contributed by atoms with E-state index in [9.17, 15) is 28.6 Å². The van der Waals surface area contributed by atoms with Gasteiger partial charge in [-0.1, -0.05) is 30.3 Å². The van der Waals surface area contributed by atoms with Gasteiger partial charge in [-0.3, -0.25) is 0 Å². The van der Waals surface area contributed by atoms with Crippen LogP contribution in [0.15, 0.2) is 30.3 Å². The first-order valence-electron chi connectivity index (χ1n) is 4.20. The van der Waals surface area contributed by atoms with Crippen LogP contribution < -0.4 is 10.2 Å². The molecule has 0 radical (unpaired) electrons. The van der Waals surface area contributed by atoms with Crippen molar-refractivity contribution in [3.63, 3.8) is 0 Å². The fraction of sp³-hybridized carbons (Fsp3) is 0.200. The number of carbonyl (C=O) groups is 2. The van der Waals surface area contributed by atoms with Crippen molar-refractivity contribution in [3.05, 3.63) is 35.9 Å². The summed E-state index contributed by atoms with van der Waals surface area (Å²) >= 11 is 0. The van der Waals surface area contributed by atoms with E-state index in [0.29, 0.717) is 0 Å². The number of rotatable bonds is 4. The van der Waals surface area contributed by atoms with Gasteiger partial charge in [-0.05, 0) is 5.56 Å². The average molecular weight is 228 g/mol. The molecule has 0 unspecified atom stereocenters. The smallest absolute Gasteiger partial charge is 0.258 e. The van der Waals surface area contributed by atoms with Gasteiger partial charge in [-0.15, -0.1) is 0 Å². The zero-order valence-corrected chi connectivity index (χ0v) is 7.85. The highest BCUT2D eigenvalue weighted by Gasteiger charge is 2.45. The van der Waals surface area contributed by atoms with Crippen molar-refractivity contribution in [3.8, 4) is 0 Å². The molecule has 0 aliphatic rings. The first kappa shape index (κ1) is 12.1. The number of hydrogen-bond donors (Lipinski definition) is 0. The number of alkyl halides is 2. The molecular weight excluding hydrogens is 222 g/mol. The van der Waals surface area contributed by atoms with E-state index in [-0.39, 0.29) is 0 Å². The van der Waals surface area contributed by atoms with Gasteiger partial charge in [0.2, 0.25) is 0 Å². The third kappa shape index (κ3) is 1.62. The van der Waals surface area contributed by atoms with Gasteiger partial charge in [0.25, 0.3) is 6.43 Å². The highest BCUT2D eigenvalue weighted by Crippen LogP contribution is 2.30. The maximum Gasteiger partial charge on any atom is 0.258 e. The second kappa shape index (κ2) is 4.26. The molecule has 0 amide bonds. The largest absolute Gasteiger partial charge is 0.549 e. The Labute approximate surface area is 89.1 Å². The Morgan fingerprint density at radius 2 is 1.50 bits per heavy atom. The van der Waals surface area contributed by atoms with Gasteiger partial charge in [0, 0.05) is 0 Å². The van der Waals surface area contributed by atoms with Crippen LogP contribution in [0, 0.1) is 0 Å². The molecule has 16 heavy (non-hydrogen) atoms. The summed E-state index contributed by atoms with van der Waals surface area (Å²) in [5.74, 6) is -4.79. The molecule has 0 bridgehead atoms. The van der Waals surface area contributed by atoms with Gasteiger partial charge in [0.15, 0.2) is 0 Å². The monoisotopic (exact) mass is 228 g/mol. The second-order valence-electron chi connectivity index (χ2n) is 3.05. The molecule has 0 atom stereocenters. The predicted molar refractivity (Wildman–Crippen MR) is 44.1 cm³/mol. The summed E-state index contributed by atoms with van der Waals surface area (Å²) in [7, 11) is 0. The van der Waals surface area contributed by atoms with Crippen LogP contribution in [0.2, 0.25) is 0 Å². The summed E-state index contributed by atoms with van der Waals surface area (Å²) in [5, 5.41) is 21.4. The van der Waals surface area contributed by atoms with Crippen molar-refractivity contribution in [1.82, 2.24) is 0 Å². The van der Waals surface area contributed by atoms with Gasteiger partial charge in [0.1, 0.15) is 5.41 Å². The highest BCUT2D eigenvalue weighted by atomic mass is 19.3. The Bertz CT molecular complexity index is 389. The van der Waals surface area contributed by atoms with Gasteiger partial charge in [-0.2, -0.15) is 0 Å². The Balaban J connectivity index is 3.46. The summed E-state index contributed by atoms with van der Waals surface area (Å²) in [6.45, 7) is 0. The minimum atomic E-state index is -3.66. The number of hydrogen-bond acceptors (Lipinski definition) is 4. The van der Waals surface area contributed by atoms with Gasteiger partial charge in [0.05, 0.1) is 11.9 Å². The summed E-state index contributed by atoms with van der Waals surface area (Å²) in [6.07, 6.45) is -3.66. The van der Waals surface area contributed by atoms with Gasteiger partial charge in [-0.25, -0.2) is 8.78 Å². The summed E-state index contributed by atoms with van der Waals surface area (Å²) in [6, 6.07) is 5.87. The van der Waals surface area contributed by atoms with Gasteiger partial charge >= 0.3 is 0 Å². The van der Waals surface area contributed by atoms with Crippen molar-refractivity contribution in [1.29, 1.82) is 0 Å². The van der Waals surface area contributed by atoms with E-state index >= 15 is 0 Å². The minimum Gasteiger partial charge on any atom is -0.549 e. The summed E-state index contributed by atoms with van der Waals surface area (Å²) in [4.78, 5) is 21.4. The average Bonchev–Trinajstić information content (AvgIpc) is 2.18. The lowest BCUT2D eigenvalue weighted by molar-refractivity contribution is -0.341. The number of carboxylic acids is 2. The zero-order valence-electron chi connectivity index (χ0n) is 7.85. The lowest BCUT2D eigenvalue weighted by Crippen LogP contribution is -2.61. The maximum absolute atomic E-state index is 12.7. The molecule has 0 heterocycles. The van der Waals surface area contributed by atoms with Crippen LogP contribution in [-0.4, -0.2) is 18.4 Å². The Hall–Kier alpha value is -1.98. The number of carboxylic acid groups (broad SMARTS) is 2. The standard InChI is InChI=1S/C10H8F2O4/c11-7(12)10(8(13)14,9(15)16)6-4-2-1-3-5-6/h1-5,7H,(H,13,14)(H,15,16)/p-2. The highest BCUT2D eigenvalue weighted by molar-refractivity contribution is 6.03. The molecule has 0 aliphatic heterocycles. The van der Waals surface area contributed by atoms with Crippen LogP contribution in [-0.2, 0) is 15.0 Å². The Kier molecular flexibility index (Phi) is 3.22. The molecule has 0 aliphatic carbocycles. The summed E-state index contributed by atoms with van der Waals surface area (Å²) in [5.41, 5.74) is -4.01. The van der Waals surface area contributed by atoms with Gasteiger partial charge < -0.3 is 19.8 Å². The van der Waals surface area contributed by atoms with Crippen molar-refractivity contribution in [2.24, 2.45) is 0 Å². The van der Waals surface area contributed by atoms with Crippen LogP contribution >= 0.6 is 0 Å². The molecule has 0 spiro atoms. The number of benzene rings is 1. The van der Waals surface area contributed by atoms with E-state index in [1.165, 1.54) is 18.2 Å². The minimum absolute atomic E-state index is 0.579. The quantitative estimate of drug-likeness (QED) is 0.599. The zero-order chi connectivity index (χ0) is 12.3. The van der Waals surface area contributed by atoms with Crippen LogP contribution in [0.5, 0.6) is 0 Å². The van der Waals surface area contributed by atoms with E-state index in [0.717, 1.165) is 12.1 Å². The lowest BCUT2D eigenvalue weighted by Gasteiger charge is -2.35. The van der Waals surface area contributed by atoms with Crippen molar-refractivity contribution in [2.45, 2.75) is 11.8 Å².